The summed E-state index contributed by atoms with van der Waals surface area (Å²) in [5.74, 6) is 0.134. The van der Waals surface area contributed by atoms with Crippen molar-refractivity contribution < 1.29 is 9.59 Å². The van der Waals surface area contributed by atoms with Gasteiger partial charge in [0.15, 0.2) is 0 Å². The Morgan fingerprint density at radius 3 is 2.05 bits per heavy atom. The molecule has 0 heterocycles. The zero-order valence-corrected chi connectivity index (χ0v) is 13.6. The van der Waals surface area contributed by atoms with Crippen LogP contribution in [0.1, 0.15) is 52.9 Å². The van der Waals surface area contributed by atoms with Crippen LogP contribution in [-0.2, 0) is 9.59 Å². The molecule has 0 aromatic heterocycles. The van der Waals surface area contributed by atoms with Gasteiger partial charge in [-0.1, -0.05) is 20.8 Å². The van der Waals surface area contributed by atoms with E-state index in [0.717, 1.165) is 12.8 Å². The number of ketones is 1. The largest absolute Gasteiger partial charge is 0.340 e. The summed E-state index contributed by atoms with van der Waals surface area (Å²) in [6.07, 6.45) is 2.26. The molecule has 0 aliphatic heterocycles. The molecular weight excluding hydrogens is 278 g/mol. The van der Waals surface area contributed by atoms with Crippen LogP contribution in [0.15, 0.2) is 0 Å². The molecule has 2 aliphatic rings. The molecule has 2 saturated carbocycles. The van der Waals surface area contributed by atoms with E-state index in [0.29, 0.717) is 19.5 Å². The lowest BCUT2D eigenvalue weighted by molar-refractivity contribution is -0.147. The molecule has 0 spiro atoms. The van der Waals surface area contributed by atoms with Gasteiger partial charge in [-0.15, -0.1) is 0 Å². The lowest BCUT2D eigenvalue weighted by Crippen LogP contribution is -2.49. The zero-order valence-electron chi connectivity index (χ0n) is 13.6. The molecule has 5 nitrogen and oxygen atoms in total. The smallest absolute Gasteiger partial charge is 0.229 e. The number of fused-ring (bicyclic) bond motifs is 2. The molecule has 0 saturated heterocycles. The Bertz CT molecular complexity index is 566. The maximum Gasteiger partial charge on any atom is 0.229 e. The molecule has 0 aromatic carbocycles. The lowest BCUT2D eigenvalue weighted by Gasteiger charge is -2.41. The second-order valence-corrected chi connectivity index (χ2v) is 7.25. The van der Waals surface area contributed by atoms with Gasteiger partial charge in [0.05, 0.1) is 30.4 Å². The fraction of sp³-hybridized carbons (Fsp3) is 0.765. The van der Waals surface area contributed by atoms with Crippen LogP contribution in [0, 0.1) is 38.9 Å². The quantitative estimate of drug-likeness (QED) is 0.780. The van der Waals surface area contributed by atoms with Crippen molar-refractivity contribution in [2.75, 3.05) is 13.1 Å². The Labute approximate surface area is 131 Å². The molecule has 2 atom stereocenters. The van der Waals surface area contributed by atoms with Gasteiger partial charge in [0.1, 0.15) is 5.78 Å². The van der Waals surface area contributed by atoms with Crippen LogP contribution in [0.5, 0.6) is 0 Å². The van der Waals surface area contributed by atoms with Crippen molar-refractivity contribution in [3.63, 3.8) is 0 Å². The minimum atomic E-state index is -0.663. The predicted molar refractivity (Wildman–Crippen MR) is 80.2 cm³/mol. The molecule has 0 aromatic rings. The highest BCUT2D eigenvalue weighted by Gasteiger charge is 2.72. The van der Waals surface area contributed by atoms with Crippen molar-refractivity contribution in [1.29, 1.82) is 10.5 Å². The summed E-state index contributed by atoms with van der Waals surface area (Å²) in [7, 11) is 0. The highest BCUT2D eigenvalue weighted by molar-refractivity contribution is 5.99. The van der Waals surface area contributed by atoms with Crippen LogP contribution in [0.4, 0.5) is 0 Å². The average molecular weight is 301 g/mol. The summed E-state index contributed by atoms with van der Waals surface area (Å²) in [4.78, 5) is 27.3. The number of carbonyl (C=O) groups excluding carboxylic acids is 2. The SMILES string of the molecule is CC1(C)[C@@]2(C(=O)N(CCC#N)CCC#N)CC[C@]1(C)C(=O)C2. The summed E-state index contributed by atoms with van der Waals surface area (Å²) in [6, 6.07) is 4.11. The van der Waals surface area contributed by atoms with E-state index in [2.05, 4.69) is 12.1 Å². The Hall–Kier alpha value is -1.88. The Morgan fingerprint density at radius 1 is 1.14 bits per heavy atom. The van der Waals surface area contributed by atoms with Crippen molar-refractivity contribution in [2.24, 2.45) is 16.2 Å². The average Bonchev–Trinajstić information content (AvgIpc) is 2.77. The Morgan fingerprint density at radius 2 is 1.68 bits per heavy atom. The van der Waals surface area contributed by atoms with Crippen LogP contribution in [0.2, 0.25) is 0 Å². The fourth-order valence-electron chi connectivity index (χ4n) is 4.32. The van der Waals surface area contributed by atoms with Crippen LogP contribution in [-0.4, -0.2) is 29.7 Å². The minimum absolute atomic E-state index is 0.0439. The topological polar surface area (TPSA) is 85.0 Å². The highest BCUT2D eigenvalue weighted by Crippen LogP contribution is 2.70. The lowest BCUT2D eigenvalue weighted by atomic mass is 9.64. The van der Waals surface area contributed by atoms with Crippen LogP contribution in [0.3, 0.4) is 0 Å². The van der Waals surface area contributed by atoms with Crippen LogP contribution >= 0.6 is 0 Å². The number of hydrogen-bond donors (Lipinski definition) is 0. The number of nitrogens with zero attached hydrogens (tertiary/aromatic N) is 3. The third-order valence-corrected chi connectivity index (χ3v) is 6.39. The second-order valence-electron chi connectivity index (χ2n) is 7.25. The summed E-state index contributed by atoms with van der Waals surface area (Å²) < 4.78 is 0. The maximum absolute atomic E-state index is 13.2. The molecule has 0 radical (unpaired) electrons. The van der Waals surface area contributed by atoms with Gasteiger partial charge in [-0.3, -0.25) is 9.59 Å². The summed E-state index contributed by atoms with van der Waals surface area (Å²) in [6.45, 7) is 6.69. The fourth-order valence-corrected chi connectivity index (χ4v) is 4.32. The first kappa shape index (κ1) is 16.5. The van der Waals surface area contributed by atoms with Crippen molar-refractivity contribution in [1.82, 2.24) is 4.90 Å². The number of amides is 1. The molecule has 22 heavy (non-hydrogen) atoms. The van der Waals surface area contributed by atoms with Crippen molar-refractivity contribution in [2.45, 2.75) is 52.9 Å². The first-order chi connectivity index (χ1) is 10.3. The van der Waals surface area contributed by atoms with E-state index >= 15 is 0 Å². The molecule has 2 rings (SSSR count). The minimum Gasteiger partial charge on any atom is -0.340 e. The molecule has 2 fully saturated rings. The third kappa shape index (κ3) is 1.96. The maximum atomic E-state index is 13.2. The number of nitriles is 2. The standard InChI is InChI=1S/C17H23N3O2/c1-15(2)16(3)6-7-17(15,12-13(16)21)14(22)20(10-4-8-18)11-5-9-19/h4-7,10-12H2,1-3H3/t16-,17+/m1/s1. The van der Waals surface area contributed by atoms with Gasteiger partial charge in [0.2, 0.25) is 5.91 Å². The van der Waals surface area contributed by atoms with E-state index in [4.69, 9.17) is 10.5 Å². The van der Waals surface area contributed by atoms with Crippen molar-refractivity contribution >= 4 is 11.7 Å². The number of Topliss-reactive ketones (excluding diaryl/α,β-unsaturated/α-hetero) is 1. The zero-order chi connectivity index (χ0) is 16.6. The van der Waals surface area contributed by atoms with Crippen molar-refractivity contribution in [3.8, 4) is 12.1 Å². The van der Waals surface area contributed by atoms with Gasteiger partial charge in [0, 0.05) is 24.9 Å². The first-order valence-electron chi connectivity index (χ1n) is 7.83. The normalized spacial score (nSPS) is 31.6. The predicted octanol–water partition coefficient (Wildman–Crippen LogP) is 2.43. The van der Waals surface area contributed by atoms with Crippen LogP contribution < -0.4 is 0 Å². The van der Waals surface area contributed by atoms with E-state index in [9.17, 15) is 9.59 Å². The molecular formula is C17H23N3O2. The summed E-state index contributed by atoms with van der Waals surface area (Å²) >= 11 is 0. The number of rotatable bonds is 5. The van der Waals surface area contributed by atoms with Crippen molar-refractivity contribution in [3.05, 3.63) is 0 Å². The third-order valence-electron chi connectivity index (χ3n) is 6.39. The van der Waals surface area contributed by atoms with E-state index in [-0.39, 0.29) is 29.9 Å². The van der Waals surface area contributed by atoms with Crippen LogP contribution in [0.25, 0.3) is 0 Å². The summed E-state index contributed by atoms with van der Waals surface area (Å²) in [5.41, 5.74) is -1.48. The molecule has 2 bridgehead atoms. The summed E-state index contributed by atoms with van der Waals surface area (Å²) in [5, 5.41) is 17.6. The molecule has 118 valence electrons. The number of carbonyl (C=O) groups is 2. The van der Waals surface area contributed by atoms with Gasteiger partial charge >= 0.3 is 0 Å². The monoisotopic (exact) mass is 301 g/mol. The molecule has 0 unspecified atom stereocenters. The van der Waals surface area contributed by atoms with E-state index < -0.39 is 10.8 Å². The van der Waals surface area contributed by atoms with Gasteiger partial charge in [-0.25, -0.2) is 0 Å². The first-order valence-corrected chi connectivity index (χ1v) is 7.83. The Kier molecular flexibility index (Phi) is 4.04. The Balaban J connectivity index is 2.32. The van der Waals surface area contributed by atoms with E-state index in [1.807, 2.05) is 20.8 Å². The van der Waals surface area contributed by atoms with Gasteiger partial charge in [-0.2, -0.15) is 10.5 Å². The number of hydrogen-bond acceptors (Lipinski definition) is 4. The van der Waals surface area contributed by atoms with E-state index in [1.165, 1.54) is 0 Å². The molecule has 1 amide bonds. The van der Waals surface area contributed by atoms with Gasteiger partial charge in [-0.05, 0) is 18.3 Å². The molecule has 5 heteroatoms. The molecule has 0 N–H and O–H groups in total. The highest BCUT2D eigenvalue weighted by atomic mass is 16.2. The van der Waals surface area contributed by atoms with E-state index in [1.54, 1.807) is 4.90 Å². The second kappa shape index (κ2) is 5.39. The van der Waals surface area contributed by atoms with Gasteiger partial charge < -0.3 is 4.90 Å². The van der Waals surface area contributed by atoms with Gasteiger partial charge in [0.25, 0.3) is 0 Å². The molecule has 2 aliphatic carbocycles.